The highest BCUT2D eigenvalue weighted by Gasteiger charge is 2.32. The summed E-state index contributed by atoms with van der Waals surface area (Å²) in [7, 11) is -1.86. The number of nitrogens with one attached hydrogen (secondary N) is 1. The smallest absolute Gasteiger partial charge is 0.244 e. The van der Waals surface area contributed by atoms with Crippen LogP contribution < -0.4 is 5.32 Å². The summed E-state index contributed by atoms with van der Waals surface area (Å²) >= 11 is 6.04. The van der Waals surface area contributed by atoms with E-state index in [2.05, 4.69) is 5.32 Å². The van der Waals surface area contributed by atoms with E-state index in [-0.39, 0.29) is 30.0 Å². The Morgan fingerprint density at radius 3 is 2.32 bits per heavy atom. The van der Waals surface area contributed by atoms with E-state index in [0.29, 0.717) is 36.6 Å². The first-order chi connectivity index (χ1) is 14.8. The van der Waals surface area contributed by atoms with E-state index >= 15 is 0 Å². The lowest BCUT2D eigenvalue weighted by Gasteiger charge is -2.32. The molecule has 0 saturated carbocycles. The normalized spacial score (nSPS) is 15.4. The maximum atomic E-state index is 12.8. The van der Waals surface area contributed by atoms with Crippen LogP contribution in [0, 0.1) is 5.92 Å². The quantitative estimate of drug-likeness (QED) is 0.683. The number of hydrogen-bond acceptors (Lipinski definition) is 4. The van der Waals surface area contributed by atoms with Gasteiger partial charge in [-0.15, -0.1) is 0 Å². The van der Waals surface area contributed by atoms with E-state index in [1.54, 1.807) is 43.4 Å². The van der Waals surface area contributed by atoms with E-state index in [1.165, 1.54) is 9.21 Å². The molecule has 0 spiro atoms. The monoisotopic (exact) mass is 463 g/mol. The van der Waals surface area contributed by atoms with Gasteiger partial charge in [-0.2, -0.15) is 0 Å². The molecule has 31 heavy (non-hydrogen) atoms. The molecule has 3 rings (SSSR count). The Balaban J connectivity index is 1.50. The van der Waals surface area contributed by atoms with Crippen LogP contribution in [0.5, 0.6) is 0 Å². The second kappa shape index (κ2) is 10.3. The van der Waals surface area contributed by atoms with Crippen LogP contribution >= 0.6 is 11.6 Å². The van der Waals surface area contributed by atoms with Gasteiger partial charge in [-0.3, -0.25) is 9.59 Å². The summed E-state index contributed by atoms with van der Waals surface area (Å²) in [6.45, 7) is 0.493. The zero-order chi connectivity index (χ0) is 22.4. The second-order valence-corrected chi connectivity index (χ2v) is 10.0. The van der Waals surface area contributed by atoms with Crippen molar-refractivity contribution in [2.45, 2.75) is 18.6 Å². The summed E-state index contributed by atoms with van der Waals surface area (Å²) in [5.74, 6) is -0.850. The average molecular weight is 464 g/mol. The van der Waals surface area contributed by atoms with Crippen molar-refractivity contribution in [1.82, 2.24) is 9.21 Å². The summed E-state index contributed by atoms with van der Waals surface area (Å²) in [5.41, 5.74) is 1.23. The predicted octanol–water partition coefficient (Wildman–Crippen LogP) is 2.98. The minimum atomic E-state index is -3.43. The number of benzene rings is 2. The number of piperidine rings is 1. The van der Waals surface area contributed by atoms with Gasteiger partial charge >= 0.3 is 0 Å². The van der Waals surface area contributed by atoms with Gasteiger partial charge in [0.25, 0.3) is 0 Å². The summed E-state index contributed by atoms with van der Waals surface area (Å²) in [6, 6.07) is 15.9. The fourth-order valence-corrected chi connectivity index (χ4v) is 5.36. The van der Waals surface area contributed by atoms with Crippen molar-refractivity contribution in [3.05, 3.63) is 65.2 Å². The van der Waals surface area contributed by atoms with Crippen LogP contribution in [0.3, 0.4) is 0 Å². The van der Waals surface area contributed by atoms with Crippen LogP contribution in [-0.4, -0.2) is 56.1 Å². The SMILES string of the molecule is CN(CC(=O)Nc1ccccc1Cl)C(=O)C1CCN(S(=O)(=O)Cc2ccccc2)CC1. The molecule has 0 aliphatic carbocycles. The predicted molar refractivity (Wildman–Crippen MR) is 121 cm³/mol. The van der Waals surface area contributed by atoms with E-state index in [4.69, 9.17) is 11.6 Å². The first-order valence-corrected chi connectivity index (χ1v) is 12.1. The first-order valence-electron chi connectivity index (χ1n) is 10.1. The van der Waals surface area contributed by atoms with Gasteiger partial charge in [0.05, 0.1) is 23.0 Å². The van der Waals surface area contributed by atoms with Gasteiger partial charge in [-0.05, 0) is 30.5 Å². The molecule has 166 valence electrons. The molecule has 0 atom stereocenters. The van der Waals surface area contributed by atoms with Gasteiger partial charge in [0.2, 0.25) is 21.8 Å². The van der Waals surface area contributed by atoms with Crippen molar-refractivity contribution < 1.29 is 18.0 Å². The lowest BCUT2D eigenvalue weighted by molar-refractivity contribution is -0.138. The van der Waals surface area contributed by atoms with Gasteiger partial charge in [-0.1, -0.05) is 54.1 Å². The lowest BCUT2D eigenvalue weighted by Crippen LogP contribution is -2.45. The lowest BCUT2D eigenvalue weighted by atomic mass is 9.96. The third-order valence-corrected chi connectivity index (χ3v) is 7.47. The molecule has 2 aromatic rings. The van der Waals surface area contributed by atoms with E-state index in [9.17, 15) is 18.0 Å². The minimum Gasteiger partial charge on any atom is -0.336 e. The maximum Gasteiger partial charge on any atom is 0.244 e. The molecule has 1 heterocycles. The van der Waals surface area contributed by atoms with Crippen molar-refractivity contribution in [3.8, 4) is 0 Å². The van der Waals surface area contributed by atoms with Crippen LogP contribution in [0.4, 0.5) is 5.69 Å². The number of likely N-dealkylation sites (N-methyl/N-ethyl adjacent to an activating group) is 1. The van der Waals surface area contributed by atoms with Crippen LogP contribution in [0.15, 0.2) is 54.6 Å². The highest BCUT2D eigenvalue weighted by Crippen LogP contribution is 2.24. The molecule has 1 aliphatic heterocycles. The van der Waals surface area contributed by atoms with Crippen molar-refractivity contribution >= 4 is 39.1 Å². The maximum absolute atomic E-state index is 12.8. The molecule has 2 amide bonds. The minimum absolute atomic E-state index is 0.0471. The second-order valence-electron chi connectivity index (χ2n) is 7.64. The summed E-state index contributed by atoms with van der Waals surface area (Å²) < 4.78 is 26.8. The molecule has 1 saturated heterocycles. The van der Waals surface area contributed by atoms with Gasteiger partial charge in [0.1, 0.15) is 0 Å². The van der Waals surface area contributed by atoms with Crippen molar-refractivity contribution in [2.24, 2.45) is 5.92 Å². The first kappa shape index (κ1) is 23.2. The van der Waals surface area contributed by atoms with E-state index in [0.717, 1.165) is 5.56 Å². The number of hydrogen-bond donors (Lipinski definition) is 1. The highest BCUT2D eigenvalue weighted by atomic mass is 35.5. The number of para-hydroxylation sites is 1. The molecular formula is C22H26ClN3O4S. The van der Waals surface area contributed by atoms with Crippen molar-refractivity contribution in [2.75, 3.05) is 32.0 Å². The molecule has 1 aliphatic rings. The Morgan fingerprint density at radius 1 is 1.06 bits per heavy atom. The number of rotatable bonds is 7. The van der Waals surface area contributed by atoms with Crippen LogP contribution in [0.2, 0.25) is 5.02 Å². The zero-order valence-corrected chi connectivity index (χ0v) is 18.9. The Hall–Kier alpha value is -2.42. The van der Waals surface area contributed by atoms with Crippen LogP contribution in [-0.2, 0) is 25.4 Å². The molecule has 2 aromatic carbocycles. The molecule has 0 radical (unpaired) electrons. The van der Waals surface area contributed by atoms with Crippen LogP contribution in [0.1, 0.15) is 18.4 Å². The third-order valence-electron chi connectivity index (χ3n) is 5.29. The number of carbonyl (C=O) groups excluding carboxylic acids is 2. The van der Waals surface area contributed by atoms with Gasteiger partial charge in [-0.25, -0.2) is 12.7 Å². The molecule has 1 N–H and O–H groups in total. The third kappa shape index (κ3) is 6.29. The number of amides is 2. The van der Waals surface area contributed by atoms with Gasteiger partial charge in [0.15, 0.2) is 0 Å². The Kier molecular flexibility index (Phi) is 7.69. The number of carbonyl (C=O) groups is 2. The summed E-state index contributed by atoms with van der Waals surface area (Å²) in [5, 5.41) is 3.12. The molecule has 7 nitrogen and oxygen atoms in total. The van der Waals surface area contributed by atoms with Crippen molar-refractivity contribution in [3.63, 3.8) is 0 Å². The van der Waals surface area contributed by atoms with Gasteiger partial charge < -0.3 is 10.2 Å². The zero-order valence-electron chi connectivity index (χ0n) is 17.3. The number of anilines is 1. The molecular weight excluding hydrogens is 438 g/mol. The topological polar surface area (TPSA) is 86.8 Å². The Labute approximate surface area is 188 Å². The van der Waals surface area contributed by atoms with E-state index in [1.807, 2.05) is 18.2 Å². The standard InChI is InChI=1S/C22H26ClN3O4S/c1-25(15-21(27)24-20-10-6-5-9-19(20)23)22(28)18-11-13-26(14-12-18)31(29,30)16-17-7-3-2-4-8-17/h2-10,18H,11-16H2,1H3,(H,24,27). The Bertz CT molecular complexity index is 1020. The average Bonchev–Trinajstić information content (AvgIpc) is 2.75. The van der Waals surface area contributed by atoms with Gasteiger partial charge in [0, 0.05) is 26.1 Å². The largest absolute Gasteiger partial charge is 0.336 e. The highest BCUT2D eigenvalue weighted by molar-refractivity contribution is 7.88. The molecule has 0 unspecified atom stereocenters. The van der Waals surface area contributed by atoms with Crippen molar-refractivity contribution in [1.29, 1.82) is 0 Å². The summed E-state index contributed by atoms with van der Waals surface area (Å²) in [4.78, 5) is 26.4. The number of sulfonamides is 1. The number of nitrogens with zero attached hydrogens (tertiary/aromatic N) is 2. The van der Waals surface area contributed by atoms with E-state index < -0.39 is 10.0 Å². The van der Waals surface area contributed by atoms with Crippen LogP contribution in [0.25, 0.3) is 0 Å². The number of halogens is 1. The Morgan fingerprint density at radius 2 is 1.68 bits per heavy atom. The molecule has 0 bridgehead atoms. The molecule has 0 aromatic heterocycles. The fourth-order valence-electron chi connectivity index (χ4n) is 3.61. The molecule has 1 fully saturated rings. The fraction of sp³-hybridized carbons (Fsp3) is 0.364. The molecule has 9 heteroatoms. The summed E-state index contributed by atoms with van der Waals surface area (Å²) in [6.07, 6.45) is 0.868.